The summed E-state index contributed by atoms with van der Waals surface area (Å²) in [7, 11) is -2.12. The Morgan fingerprint density at radius 1 is 1.37 bits per heavy atom. The second kappa shape index (κ2) is 5.60. The Morgan fingerprint density at radius 2 is 1.89 bits per heavy atom. The third kappa shape index (κ3) is 3.16. The standard InChI is InChI=1S/C12H19NO4S2/c1-7(2)8(3)13(5)19(16,17)11-6-10(12(14)15)18-9(11)4/h6-8H,1-5H3,(H,14,15). The summed E-state index contributed by atoms with van der Waals surface area (Å²) in [5.74, 6) is -0.924. The molecule has 1 unspecified atom stereocenters. The number of nitrogens with zero attached hydrogens (tertiary/aromatic N) is 1. The molecule has 0 radical (unpaired) electrons. The first-order valence-electron chi connectivity index (χ1n) is 5.90. The molecule has 0 saturated heterocycles. The first-order valence-corrected chi connectivity index (χ1v) is 8.16. The minimum atomic E-state index is -3.65. The third-order valence-corrected chi connectivity index (χ3v) is 6.52. The minimum absolute atomic E-state index is 0.0432. The Labute approximate surface area is 117 Å². The van der Waals surface area contributed by atoms with Crippen LogP contribution in [0.1, 0.15) is 35.3 Å². The molecule has 0 saturated carbocycles. The van der Waals surface area contributed by atoms with Crippen molar-refractivity contribution in [2.75, 3.05) is 7.05 Å². The highest BCUT2D eigenvalue weighted by molar-refractivity contribution is 7.89. The molecule has 19 heavy (non-hydrogen) atoms. The Bertz CT molecular complexity index is 575. The summed E-state index contributed by atoms with van der Waals surface area (Å²) in [5.41, 5.74) is 0. The van der Waals surface area contributed by atoms with E-state index in [2.05, 4.69) is 0 Å². The van der Waals surface area contributed by atoms with Crippen molar-refractivity contribution < 1.29 is 18.3 Å². The largest absolute Gasteiger partial charge is 0.477 e. The van der Waals surface area contributed by atoms with Crippen LogP contribution < -0.4 is 0 Å². The van der Waals surface area contributed by atoms with Crippen molar-refractivity contribution in [3.05, 3.63) is 15.8 Å². The molecular formula is C12H19NO4S2. The molecule has 1 atom stereocenters. The number of thiophene rings is 1. The molecule has 0 aliphatic rings. The lowest BCUT2D eigenvalue weighted by Gasteiger charge is -2.27. The Balaban J connectivity index is 3.24. The third-order valence-electron chi connectivity index (χ3n) is 3.28. The van der Waals surface area contributed by atoms with E-state index in [9.17, 15) is 13.2 Å². The molecule has 0 bridgehead atoms. The second-order valence-corrected chi connectivity index (χ2v) is 8.06. The average Bonchev–Trinajstić information content (AvgIpc) is 2.69. The van der Waals surface area contributed by atoms with Crippen LogP contribution >= 0.6 is 11.3 Å². The van der Waals surface area contributed by atoms with Crippen LogP contribution in [0.25, 0.3) is 0 Å². The monoisotopic (exact) mass is 305 g/mol. The van der Waals surface area contributed by atoms with Crippen molar-refractivity contribution in [2.45, 2.75) is 38.6 Å². The summed E-state index contributed by atoms with van der Waals surface area (Å²) >= 11 is 0.981. The fourth-order valence-corrected chi connectivity index (χ4v) is 4.51. The van der Waals surface area contributed by atoms with E-state index in [1.54, 1.807) is 6.92 Å². The lowest BCUT2D eigenvalue weighted by atomic mass is 10.1. The fraction of sp³-hybridized carbons (Fsp3) is 0.583. The van der Waals surface area contributed by atoms with Gasteiger partial charge in [0.25, 0.3) is 0 Å². The maximum absolute atomic E-state index is 12.5. The summed E-state index contributed by atoms with van der Waals surface area (Å²) in [6, 6.07) is 1.08. The fourth-order valence-electron chi connectivity index (χ4n) is 1.62. The highest BCUT2D eigenvalue weighted by atomic mass is 32.2. The Morgan fingerprint density at radius 3 is 2.26 bits per heavy atom. The quantitative estimate of drug-likeness (QED) is 0.906. The number of aromatic carboxylic acids is 1. The molecule has 0 aromatic carbocycles. The van der Waals surface area contributed by atoms with E-state index in [0.29, 0.717) is 4.88 Å². The molecule has 0 spiro atoms. The van der Waals surface area contributed by atoms with Gasteiger partial charge in [-0.1, -0.05) is 13.8 Å². The number of aryl methyl sites for hydroxylation is 1. The van der Waals surface area contributed by atoms with Crippen molar-refractivity contribution >= 4 is 27.3 Å². The van der Waals surface area contributed by atoms with Gasteiger partial charge in [0.15, 0.2) is 0 Å². The van der Waals surface area contributed by atoms with Crippen LogP contribution in [0, 0.1) is 12.8 Å². The highest BCUT2D eigenvalue weighted by Crippen LogP contribution is 2.29. The molecule has 0 fully saturated rings. The van der Waals surface area contributed by atoms with Crippen LogP contribution in [0.4, 0.5) is 0 Å². The maximum atomic E-state index is 12.5. The molecule has 1 aromatic rings. The predicted octanol–water partition coefficient (Wildman–Crippen LogP) is 2.42. The van der Waals surface area contributed by atoms with E-state index in [4.69, 9.17) is 5.11 Å². The molecular weight excluding hydrogens is 286 g/mol. The van der Waals surface area contributed by atoms with Crippen LogP contribution in [0.2, 0.25) is 0 Å². The summed E-state index contributed by atoms with van der Waals surface area (Å²) in [5, 5.41) is 8.93. The number of carboxylic acid groups (broad SMARTS) is 1. The number of sulfonamides is 1. The van der Waals surface area contributed by atoms with Gasteiger partial charge in [-0.25, -0.2) is 13.2 Å². The van der Waals surface area contributed by atoms with E-state index >= 15 is 0 Å². The molecule has 0 aliphatic heterocycles. The van der Waals surface area contributed by atoms with Crippen LogP contribution in [0.15, 0.2) is 11.0 Å². The van der Waals surface area contributed by atoms with Crippen LogP contribution in [0.3, 0.4) is 0 Å². The normalized spacial score (nSPS) is 14.1. The van der Waals surface area contributed by atoms with Crippen LogP contribution in [-0.4, -0.2) is 36.9 Å². The lowest BCUT2D eigenvalue weighted by molar-refractivity contribution is 0.0702. The Kier molecular flexibility index (Phi) is 4.76. The Hall–Kier alpha value is -0.920. The number of carbonyl (C=O) groups is 1. The minimum Gasteiger partial charge on any atom is -0.477 e. The number of hydrogen-bond donors (Lipinski definition) is 1. The number of carboxylic acids is 1. The van der Waals surface area contributed by atoms with Crippen molar-refractivity contribution in [3.63, 3.8) is 0 Å². The summed E-state index contributed by atoms with van der Waals surface area (Å²) in [6.07, 6.45) is 0. The van der Waals surface area contributed by atoms with Crippen molar-refractivity contribution in [3.8, 4) is 0 Å². The SMILES string of the molecule is Cc1sc(C(=O)O)cc1S(=O)(=O)N(C)C(C)C(C)C. The molecule has 108 valence electrons. The summed E-state index contributed by atoms with van der Waals surface area (Å²) in [6.45, 7) is 7.35. The van der Waals surface area contributed by atoms with Crippen LogP contribution in [0.5, 0.6) is 0 Å². The van der Waals surface area contributed by atoms with Gasteiger partial charge in [0.05, 0.1) is 4.90 Å². The molecule has 0 aliphatic carbocycles. The first kappa shape index (κ1) is 16.1. The molecule has 1 rings (SSSR count). The van der Waals surface area contributed by atoms with E-state index in [0.717, 1.165) is 11.3 Å². The van der Waals surface area contributed by atoms with Gasteiger partial charge in [-0.05, 0) is 25.8 Å². The van der Waals surface area contributed by atoms with E-state index in [-0.39, 0.29) is 21.7 Å². The number of rotatable bonds is 5. The smallest absolute Gasteiger partial charge is 0.345 e. The van der Waals surface area contributed by atoms with E-state index < -0.39 is 16.0 Å². The van der Waals surface area contributed by atoms with Gasteiger partial charge in [-0.2, -0.15) is 4.31 Å². The topological polar surface area (TPSA) is 74.7 Å². The summed E-state index contributed by atoms with van der Waals surface area (Å²) in [4.78, 5) is 11.5. The van der Waals surface area contributed by atoms with Crippen molar-refractivity contribution in [1.29, 1.82) is 0 Å². The van der Waals surface area contributed by atoms with Gasteiger partial charge in [0.2, 0.25) is 10.0 Å². The molecule has 1 aromatic heterocycles. The average molecular weight is 305 g/mol. The zero-order chi connectivity index (χ0) is 15.0. The zero-order valence-corrected chi connectivity index (χ0v) is 13.3. The molecule has 5 nitrogen and oxygen atoms in total. The van der Waals surface area contributed by atoms with Crippen molar-refractivity contribution in [2.24, 2.45) is 5.92 Å². The van der Waals surface area contributed by atoms with Crippen molar-refractivity contribution in [1.82, 2.24) is 4.31 Å². The van der Waals surface area contributed by atoms with E-state index in [1.165, 1.54) is 17.4 Å². The van der Waals surface area contributed by atoms with Gasteiger partial charge in [0.1, 0.15) is 4.88 Å². The van der Waals surface area contributed by atoms with Gasteiger partial charge in [-0.3, -0.25) is 0 Å². The second-order valence-electron chi connectivity index (χ2n) is 4.84. The number of hydrogen-bond acceptors (Lipinski definition) is 4. The predicted molar refractivity (Wildman–Crippen MR) is 75.3 cm³/mol. The van der Waals surface area contributed by atoms with Crippen LogP contribution in [-0.2, 0) is 10.0 Å². The maximum Gasteiger partial charge on any atom is 0.345 e. The molecule has 7 heteroatoms. The molecule has 0 amide bonds. The van der Waals surface area contributed by atoms with Gasteiger partial charge >= 0.3 is 5.97 Å². The van der Waals surface area contributed by atoms with E-state index in [1.807, 2.05) is 20.8 Å². The lowest BCUT2D eigenvalue weighted by Crippen LogP contribution is -2.38. The van der Waals surface area contributed by atoms with Gasteiger partial charge < -0.3 is 5.11 Å². The highest BCUT2D eigenvalue weighted by Gasteiger charge is 2.30. The zero-order valence-electron chi connectivity index (χ0n) is 11.7. The first-order chi connectivity index (χ1) is 8.59. The molecule has 1 heterocycles. The summed E-state index contributed by atoms with van der Waals surface area (Å²) < 4.78 is 26.3. The van der Waals surface area contributed by atoms with Gasteiger partial charge in [-0.15, -0.1) is 11.3 Å². The molecule has 1 N–H and O–H groups in total. The van der Waals surface area contributed by atoms with Gasteiger partial charge in [0, 0.05) is 18.0 Å².